The number of rotatable bonds is 7. The molecule has 0 radical (unpaired) electrons. The molecule has 2 heterocycles. The molecule has 1 aliphatic rings. The first-order chi connectivity index (χ1) is 10.1. The molecule has 0 saturated carbocycles. The van der Waals surface area contributed by atoms with E-state index in [4.69, 9.17) is 0 Å². The van der Waals surface area contributed by atoms with Crippen molar-refractivity contribution in [2.75, 3.05) is 13.1 Å². The second-order valence-corrected chi connectivity index (χ2v) is 6.66. The van der Waals surface area contributed by atoms with E-state index in [1.165, 1.54) is 0 Å². The summed E-state index contributed by atoms with van der Waals surface area (Å²) >= 11 is 0. The van der Waals surface area contributed by atoms with Gasteiger partial charge >= 0.3 is 0 Å². The SMILES string of the molecule is CCCC1(C(=O)Cc2ncnn2CC(C)C)CCCNC1. The maximum Gasteiger partial charge on any atom is 0.147 e. The van der Waals surface area contributed by atoms with Gasteiger partial charge in [0, 0.05) is 18.5 Å². The summed E-state index contributed by atoms with van der Waals surface area (Å²) in [5.41, 5.74) is -0.193. The van der Waals surface area contributed by atoms with Gasteiger partial charge in [-0.1, -0.05) is 27.2 Å². The van der Waals surface area contributed by atoms with Crippen molar-refractivity contribution in [1.29, 1.82) is 0 Å². The number of aromatic nitrogens is 3. The third kappa shape index (κ3) is 3.90. The largest absolute Gasteiger partial charge is 0.316 e. The molecule has 1 unspecified atom stereocenters. The van der Waals surface area contributed by atoms with Crippen molar-refractivity contribution in [2.24, 2.45) is 11.3 Å². The molecule has 5 nitrogen and oxygen atoms in total. The molecule has 1 aromatic rings. The van der Waals surface area contributed by atoms with Crippen LogP contribution in [0.4, 0.5) is 0 Å². The average molecular weight is 292 g/mol. The molecule has 2 rings (SSSR count). The summed E-state index contributed by atoms with van der Waals surface area (Å²) < 4.78 is 1.89. The fraction of sp³-hybridized carbons (Fsp3) is 0.812. The van der Waals surface area contributed by atoms with Crippen LogP contribution in [0.3, 0.4) is 0 Å². The van der Waals surface area contributed by atoms with Gasteiger partial charge in [0.1, 0.15) is 17.9 Å². The van der Waals surface area contributed by atoms with Crippen LogP contribution in [0.25, 0.3) is 0 Å². The Labute approximate surface area is 127 Å². The van der Waals surface area contributed by atoms with Crippen LogP contribution in [0.15, 0.2) is 6.33 Å². The molecular weight excluding hydrogens is 264 g/mol. The lowest BCUT2D eigenvalue weighted by molar-refractivity contribution is -0.129. The van der Waals surface area contributed by atoms with Crippen LogP contribution in [0.5, 0.6) is 0 Å². The van der Waals surface area contributed by atoms with E-state index in [1.807, 2.05) is 4.68 Å². The zero-order chi connectivity index (χ0) is 15.3. The molecule has 1 saturated heterocycles. The van der Waals surface area contributed by atoms with Crippen LogP contribution in [-0.2, 0) is 17.8 Å². The predicted octanol–water partition coefficient (Wildman–Crippen LogP) is 2.22. The molecule has 118 valence electrons. The van der Waals surface area contributed by atoms with Crippen molar-refractivity contribution in [3.05, 3.63) is 12.2 Å². The van der Waals surface area contributed by atoms with E-state index >= 15 is 0 Å². The number of Topliss-reactive ketones (excluding diaryl/α,β-unsaturated/α-hetero) is 1. The van der Waals surface area contributed by atoms with Crippen LogP contribution in [-0.4, -0.2) is 33.6 Å². The van der Waals surface area contributed by atoms with E-state index in [-0.39, 0.29) is 5.41 Å². The first kappa shape index (κ1) is 16.1. The first-order valence-electron chi connectivity index (χ1n) is 8.18. The van der Waals surface area contributed by atoms with Gasteiger partial charge in [-0.25, -0.2) is 9.67 Å². The van der Waals surface area contributed by atoms with Gasteiger partial charge in [0.15, 0.2) is 0 Å². The van der Waals surface area contributed by atoms with Crippen molar-refractivity contribution in [2.45, 2.75) is 59.4 Å². The highest BCUT2D eigenvalue weighted by Gasteiger charge is 2.38. The third-order valence-corrected chi connectivity index (χ3v) is 4.34. The Morgan fingerprint density at radius 2 is 2.33 bits per heavy atom. The minimum atomic E-state index is -0.193. The Morgan fingerprint density at radius 3 is 2.95 bits per heavy atom. The zero-order valence-electron chi connectivity index (χ0n) is 13.6. The summed E-state index contributed by atoms with van der Waals surface area (Å²) in [5, 5.41) is 7.67. The standard InChI is InChI=1S/C16H28N4O/c1-4-6-16(7-5-8-17-11-16)14(21)9-15-18-12-19-20(15)10-13(2)3/h12-13,17H,4-11H2,1-3H3. The van der Waals surface area contributed by atoms with E-state index in [0.717, 1.165) is 51.1 Å². The Balaban J connectivity index is 2.10. The lowest BCUT2D eigenvalue weighted by Crippen LogP contribution is -2.46. The maximum atomic E-state index is 12.9. The van der Waals surface area contributed by atoms with E-state index in [1.54, 1.807) is 6.33 Å². The van der Waals surface area contributed by atoms with Crippen LogP contribution < -0.4 is 5.32 Å². The molecule has 1 fully saturated rings. The molecule has 1 aliphatic heterocycles. The monoisotopic (exact) mass is 292 g/mol. The zero-order valence-corrected chi connectivity index (χ0v) is 13.6. The molecule has 0 aromatic carbocycles. The molecule has 5 heteroatoms. The smallest absolute Gasteiger partial charge is 0.147 e. The second kappa shape index (κ2) is 7.16. The van der Waals surface area contributed by atoms with Crippen molar-refractivity contribution in [3.63, 3.8) is 0 Å². The summed E-state index contributed by atoms with van der Waals surface area (Å²) in [6, 6.07) is 0. The maximum absolute atomic E-state index is 12.9. The van der Waals surface area contributed by atoms with Gasteiger partial charge in [0.2, 0.25) is 0 Å². The molecule has 1 aromatic heterocycles. The van der Waals surface area contributed by atoms with E-state index < -0.39 is 0 Å². The van der Waals surface area contributed by atoms with Gasteiger partial charge < -0.3 is 5.32 Å². The summed E-state index contributed by atoms with van der Waals surface area (Å²) in [7, 11) is 0. The number of piperidine rings is 1. The third-order valence-electron chi connectivity index (χ3n) is 4.34. The Morgan fingerprint density at radius 1 is 1.52 bits per heavy atom. The van der Waals surface area contributed by atoms with Crippen molar-refractivity contribution >= 4 is 5.78 Å². The quantitative estimate of drug-likeness (QED) is 0.837. The fourth-order valence-electron chi connectivity index (χ4n) is 3.29. The molecule has 0 spiro atoms. The Bertz CT molecular complexity index is 455. The topological polar surface area (TPSA) is 59.8 Å². The number of nitrogens with one attached hydrogen (secondary N) is 1. The Hall–Kier alpha value is -1.23. The van der Waals surface area contributed by atoms with Gasteiger partial charge in [-0.15, -0.1) is 0 Å². The summed E-state index contributed by atoms with van der Waals surface area (Å²) in [6.45, 7) is 9.13. The minimum Gasteiger partial charge on any atom is -0.316 e. The van der Waals surface area contributed by atoms with E-state index in [2.05, 4.69) is 36.2 Å². The molecule has 0 bridgehead atoms. The number of hydrogen-bond acceptors (Lipinski definition) is 4. The molecule has 0 amide bonds. The summed E-state index contributed by atoms with van der Waals surface area (Å²) in [6.07, 6.45) is 6.09. The minimum absolute atomic E-state index is 0.193. The average Bonchev–Trinajstić information content (AvgIpc) is 2.86. The van der Waals surface area contributed by atoms with Crippen LogP contribution in [0.2, 0.25) is 0 Å². The van der Waals surface area contributed by atoms with Gasteiger partial charge in [0.25, 0.3) is 0 Å². The second-order valence-electron chi connectivity index (χ2n) is 6.66. The molecule has 21 heavy (non-hydrogen) atoms. The molecular formula is C16H28N4O. The van der Waals surface area contributed by atoms with Gasteiger partial charge in [0.05, 0.1) is 6.42 Å². The van der Waals surface area contributed by atoms with Crippen molar-refractivity contribution < 1.29 is 4.79 Å². The number of nitrogens with zero attached hydrogens (tertiary/aromatic N) is 3. The molecule has 1 atom stereocenters. The highest BCUT2D eigenvalue weighted by Crippen LogP contribution is 2.33. The van der Waals surface area contributed by atoms with Crippen LogP contribution >= 0.6 is 0 Å². The number of carbonyl (C=O) groups excluding carboxylic acids is 1. The molecule has 0 aliphatic carbocycles. The predicted molar refractivity (Wildman–Crippen MR) is 83.0 cm³/mol. The lowest BCUT2D eigenvalue weighted by Gasteiger charge is -2.36. The number of hydrogen-bond donors (Lipinski definition) is 1. The highest BCUT2D eigenvalue weighted by molar-refractivity contribution is 5.86. The van der Waals surface area contributed by atoms with E-state index in [9.17, 15) is 4.79 Å². The fourth-order valence-corrected chi connectivity index (χ4v) is 3.29. The van der Waals surface area contributed by atoms with Crippen LogP contribution in [0.1, 0.15) is 52.3 Å². The van der Waals surface area contributed by atoms with Crippen molar-refractivity contribution in [1.82, 2.24) is 20.1 Å². The summed E-state index contributed by atoms with van der Waals surface area (Å²) in [5.74, 6) is 1.64. The lowest BCUT2D eigenvalue weighted by atomic mass is 9.72. The van der Waals surface area contributed by atoms with Crippen LogP contribution in [0, 0.1) is 11.3 Å². The van der Waals surface area contributed by atoms with Gasteiger partial charge in [-0.3, -0.25) is 4.79 Å². The number of ketones is 1. The normalized spacial score (nSPS) is 22.7. The highest BCUT2D eigenvalue weighted by atomic mass is 16.1. The van der Waals surface area contributed by atoms with Crippen molar-refractivity contribution in [3.8, 4) is 0 Å². The summed E-state index contributed by atoms with van der Waals surface area (Å²) in [4.78, 5) is 17.2. The Kier molecular flexibility index (Phi) is 5.51. The number of carbonyl (C=O) groups is 1. The van der Waals surface area contributed by atoms with Gasteiger partial charge in [-0.05, 0) is 31.7 Å². The van der Waals surface area contributed by atoms with E-state index in [0.29, 0.717) is 18.1 Å². The first-order valence-corrected chi connectivity index (χ1v) is 8.18. The van der Waals surface area contributed by atoms with Gasteiger partial charge in [-0.2, -0.15) is 5.10 Å². The molecule has 1 N–H and O–H groups in total.